The number of rotatable bonds is 6. The maximum atomic E-state index is 11.5. The van der Waals surface area contributed by atoms with Crippen LogP contribution in [0, 0.1) is 0 Å². The fourth-order valence-electron chi connectivity index (χ4n) is 2.44. The van der Waals surface area contributed by atoms with Gasteiger partial charge in [0.05, 0.1) is 6.04 Å². The summed E-state index contributed by atoms with van der Waals surface area (Å²) in [6.07, 6.45) is 2.77. The van der Waals surface area contributed by atoms with Crippen LogP contribution in [-0.4, -0.2) is 31.6 Å². The molecule has 1 aromatic rings. The number of carbonyl (C=O) groups is 1. The third kappa shape index (κ3) is 3.47. The van der Waals surface area contributed by atoms with Crippen molar-refractivity contribution in [1.29, 1.82) is 0 Å². The van der Waals surface area contributed by atoms with Crippen LogP contribution >= 0.6 is 0 Å². The number of benzene rings is 1. The van der Waals surface area contributed by atoms with Crippen molar-refractivity contribution < 1.29 is 4.79 Å². The van der Waals surface area contributed by atoms with E-state index >= 15 is 0 Å². The van der Waals surface area contributed by atoms with E-state index in [1.54, 1.807) is 0 Å². The van der Waals surface area contributed by atoms with Crippen LogP contribution in [0.3, 0.4) is 0 Å². The van der Waals surface area contributed by atoms with Crippen LogP contribution in [0.5, 0.6) is 0 Å². The highest BCUT2D eigenvalue weighted by atomic mass is 16.2. The zero-order valence-corrected chi connectivity index (χ0v) is 11.6. The summed E-state index contributed by atoms with van der Waals surface area (Å²) in [5, 5.41) is 2.89. The largest absolute Gasteiger partial charge is 0.371 e. The molecule has 0 unspecified atom stereocenters. The summed E-state index contributed by atoms with van der Waals surface area (Å²) in [5.41, 5.74) is 8.44. The molecule has 1 aromatic carbocycles. The van der Waals surface area contributed by atoms with Crippen LogP contribution < -0.4 is 16.0 Å². The molecule has 0 fully saturated rings. The van der Waals surface area contributed by atoms with Crippen molar-refractivity contribution >= 4 is 11.6 Å². The van der Waals surface area contributed by atoms with E-state index in [-0.39, 0.29) is 11.9 Å². The molecule has 104 valence electrons. The molecular formula is C15H23N3O. The van der Waals surface area contributed by atoms with E-state index in [0.717, 1.165) is 25.9 Å². The van der Waals surface area contributed by atoms with E-state index in [2.05, 4.69) is 34.5 Å². The molecule has 4 nitrogen and oxygen atoms in total. The average molecular weight is 261 g/mol. The molecular weight excluding hydrogens is 238 g/mol. The zero-order valence-electron chi connectivity index (χ0n) is 11.6. The van der Waals surface area contributed by atoms with Gasteiger partial charge in [0.2, 0.25) is 5.91 Å². The van der Waals surface area contributed by atoms with Crippen molar-refractivity contribution in [3.8, 4) is 0 Å². The highest BCUT2D eigenvalue weighted by Gasteiger charge is 2.17. The maximum Gasteiger partial charge on any atom is 0.236 e. The Bertz CT molecular complexity index is 433. The van der Waals surface area contributed by atoms with Gasteiger partial charge in [-0.2, -0.15) is 0 Å². The average Bonchev–Trinajstić information content (AvgIpc) is 2.86. The SMILES string of the molecule is CC[C@@H](N)C(=O)NCCCN1CCc2ccccc21. The number of nitrogens with two attached hydrogens (primary N) is 1. The maximum absolute atomic E-state index is 11.5. The number of nitrogens with one attached hydrogen (secondary N) is 1. The van der Waals surface area contributed by atoms with Gasteiger partial charge in [-0.1, -0.05) is 25.1 Å². The van der Waals surface area contributed by atoms with Crippen LogP contribution in [0.1, 0.15) is 25.3 Å². The fourth-order valence-corrected chi connectivity index (χ4v) is 2.44. The topological polar surface area (TPSA) is 58.4 Å². The van der Waals surface area contributed by atoms with Crippen molar-refractivity contribution in [2.75, 3.05) is 24.5 Å². The number of amides is 1. The van der Waals surface area contributed by atoms with Gasteiger partial charge in [0.1, 0.15) is 0 Å². The van der Waals surface area contributed by atoms with Gasteiger partial charge in [-0.15, -0.1) is 0 Å². The molecule has 0 aliphatic carbocycles. The number of nitrogens with zero attached hydrogens (tertiary/aromatic N) is 1. The van der Waals surface area contributed by atoms with E-state index in [0.29, 0.717) is 13.0 Å². The number of hydrogen-bond donors (Lipinski definition) is 2. The summed E-state index contributed by atoms with van der Waals surface area (Å²) in [6, 6.07) is 8.17. The quantitative estimate of drug-likeness (QED) is 0.759. The van der Waals surface area contributed by atoms with Gasteiger partial charge < -0.3 is 16.0 Å². The highest BCUT2D eigenvalue weighted by Crippen LogP contribution is 2.27. The Morgan fingerprint density at radius 1 is 1.47 bits per heavy atom. The first-order valence-electron chi connectivity index (χ1n) is 7.08. The lowest BCUT2D eigenvalue weighted by Gasteiger charge is -2.19. The molecule has 2 rings (SSSR count). The van der Waals surface area contributed by atoms with Gasteiger partial charge in [-0.05, 0) is 30.9 Å². The molecule has 1 aliphatic rings. The summed E-state index contributed by atoms with van der Waals surface area (Å²) < 4.78 is 0. The second-order valence-corrected chi connectivity index (χ2v) is 5.03. The Hall–Kier alpha value is -1.55. The van der Waals surface area contributed by atoms with Crippen molar-refractivity contribution in [3.05, 3.63) is 29.8 Å². The van der Waals surface area contributed by atoms with Crippen LogP contribution in [0.2, 0.25) is 0 Å². The first kappa shape index (κ1) is 13.9. The predicted molar refractivity (Wildman–Crippen MR) is 78.3 cm³/mol. The monoisotopic (exact) mass is 261 g/mol. The first-order valence-corrected chi connectivity index (χ1v) is 7.08. The van der Waals surface area contributed by atoms with Gasteiger partial charge in [-0.3, -0.25) is 4.79 Å². The first-order chi connectivity index (χ1) is 9.22. The summed E-state index contributed by atoms with van der Waals surface area (Å²) in [6.45, 7) is 4.69. The summed E-state index contributed by atoms with van der Waals surface area (Å²) >= 11 is 0. The Morgan fingerprint density at radius 3 is 3.05 bits per heavy atom. The Morgan fingerprint density at radius 2 is 2.26 bits per heavy atom. The summed E-state index contributed by atoms with van der Waals surface area (Å²) in [5.74, 6) is -0.0377. The van der Waals surface area contributed by atoms with Crippen LogP contribution in [-0.2, 0) is 11.2 Å². The molecule has 4 heteroatoms. The minimum atomic E-state index is -0.368. The second-order valence-electron chi connectivity index (χ2n) is 5.03. The molecule has 1 atom stereocenters. The number of carbonyl (C=O) groups excluding carboxylic acids is 1. The van der Waals surface area contributed by atoms with Crippen LogP contribution in [0.25, 0.3) is 0 Å². The lowest BCUT2D eigenvalue weighted by molar-refractivity contribution is -0.122. The molecule has 1 heterocycles. The lowest BCUT2D eigenvalue weighted by Crippen LogP contribution is -2.41. The summed E-state index contributed by atoms with van der Waals surface area (Å²) in [4.78, 5) is 13.9. The molecule has 0 spiro atoms. The lowest BCUT2D eigenvalue weighted by atomic mass is 10.2. The standard InChI is InChI=1S/C15H23N3O/c1-2-13(16)15(19)17-9-5-10-18-11-8-12-6-3-4-7-14(12)18/h3-4,6-7,13H,2,5,8-11,16H2,1H3,(H,17,19)/t13-/m1/s1. The molecule has 0 saturated carbocycles. The second kappa shape index (κ2) is 6.57. The third-order valence-electron chi connectivity index (χ3n) is 3.66. The van der Waals surface area contributed by atoms with Crippen molar-refractivity contribution in [1.82, 2.24) is 5.32 Å². The predicted octanol–water partition coefficient (Wildman–Crippen LogP) is 1.29. The molecule has 0 radical (unpaired) electrons. The summed E-state index contributed by atoms with van der Waals surface area (Å²) in [7, 11) is 0. The number of para-hydroxylation sites is 1. The molecule has 0 saturated heterocycles. The third-order valence-corrected chi connectivity index (χ3v) is 3.66. The van der Waals surface area contributed by atoms with Gasteiger partial charge in [0, 0.05) is 25.3 Å². The van der Waals surface area contributed by atoms with E-state index < -0.39 is 0 Å². The normalized spacial score (nSPS) is 15.2. The van der Waals surface area contributed by atoms with Gasteiger partial charge in [0.25, 0.3) is 0 Å². The zero-order chi connectivity index (χ0) is 13.7. The van der Waals surface area contributed by atoms with Gasteiger partial charge in [0.15, 0.2) is 0 Å². The molecule has 1 amide bonds. The Labute approximate surface area is 115 Å². The van der Waals surface area contributed by atoms with E-state index in [1.807, 2.05) is 6.92 Å². The Kier molecular flexibility index (Phi) is 4.80. The van der Waals surface area contributed by atoms with E-state index in [4.69, 9.17) is 5.73 Å². The van der Waals surface area contributed by atoms with E-state index in [9.17, 15) is 4.79 Å². The van der Waals surface area contributed by atoms with Crippen molar-refractivity contribution in [3.63, 3.8) is 0 Å². The van der Waals surface area contributed by atoms with Crippen LogP contribution in [0.15, 0.2) is 24.3 Å². The Balaban J connectivity index is 1.72. The smallest absolute Gasteiger partial charge is 0.236 e. The minimum absolute atomic E-state index is 0.0377. The highest BCUT2D eigenvalue weighted by molar-refractivity contribution is 5.81. The van der Waals surface area contributed by atoms with Gasteiger partial charge >= 0.3 is 0 Å². The molecule has 0 aromatic heterocycles. The fraction of sp³-hybridized carbons (Fsp3) is 0.533. The molecule has 3 N–H and O–H groups in total. The van der Waals surface area contributed by atoms with Crippen LogP contribution in [0.4, 0.5) is 5.69 Å². The molecule has 19 heavy (non-hydrogen) atoms. The minimum Gasteiger partial charge on any atom is -0.371 e. The molecule has 1 aliphatic heterocycles. The van der Waals surface area contributed by atoms with Crippen molar-refractivity contribution in [2.45, 2.75) is 32.2 Å². The number of hydrogen-bond acceptors (Lipinski definition) is 3. The van der Waals surface area contributed by atoms with Crippen molar-refractivity contribution in [2.24, 2.45) is 5.73 Å². The van der Waals surface area contributed by atoms with Gasteiger partial charge in [-0.25, -0.2) is 0 Å². The van der Waals surface area contributed by atoms with E-state index in [1.165, 1.54) is 11.3 Å². The number of anilines is 1. The molecule has 0 bridgehead atoms. The number of fused-ring (bicyclic) bond motifs is 1.